The molecule has 400 valence electrons. The third-order valence-corrected chi connectivity index (χ3v) is 14.7. The Labute approximate surface area is 419 Å². The Morgan fingerprint density at radius 3 is 0.866 bits per heavy atom. The Morgan fingerprint density at radius 1 is 0.358 bits per heavy atom. The molecule has 1 amide bonds. The van der Waals surface area contributed by atoms with E-state index in [9.17, 15) is 25.2 Å². The molecule has 0 heterocycles. The minimum absolute atomic E-state index is 0.365. The van der Waals surface area contributed by atoms with Crippen molar-refractivity contribution in [2.45, 2.75) is 366 Å². The highest BCUT2D eigenvalue weighted by Crippen LogP contribution is 2.19. The zero-order valence-electron chi connectivity index (χ0n) is 45.4. The van der Waals surface area contributed by atoms with Gasteiger partial charge in [-0.1, -0.05) is 315 Å². The summed E-state index contributed by atoms with van der Waals surface area (Å²) in [6, 6.07) is -0.987. The average molecular weight is 949 g/mol. The Balaban J connectivity index is 3.56. The number of amides is 1. The number of rotatable bonds is 57. The second kappa shape index (κ2) is 56.0. The minimum Gasteiger partial charge on any atom is -0.394 e. The number of hydrogen-bond donors (Lipinski definition) is 5. The van der Waals surface area contributed by atoms with E-state index in [1.54, 1.807) is 0 Å². The molecular formula is C61H121NO5. The molecule has 67 heavy (non-hydrogen) atoms. The number of hydrogen-bond acceptors (Lipinski definition) is 5. The summed E-state index contributed by atoms with van der Waals surface area (Å²) in [6.45, 7) is 4.10. The van der Waals surface area contributed by atoms with Gasteiger partial charge in [0.05, 0.1) is 18.8 Å². The van der Waals surface area contributed by atoms with Gasteiger partial charge >= 0.3 is 0 Å². The molecule has 0 bridgehead atoms. The number of carbonyl (C=O) groups excluding carboxylic acids is 1. The maximum Gasteiger partial charge on any atom is 0.249 e. The summed E-state index contributed by atoms with van der Waals surface area (Å²) in [6.07, 6.45) is 67.3. The molecule has 0 spiro atoms. The van der Waals surface area contributed by atoms with Crippen molar-refractivity contribution < 1.29 is 25.2 Å². The van der Waals surface area contributed by atoms with Crippen LogP contribution in [0.5, 0.6) is 0 Å². The Morgan fingerprint density at radius 2 is 0.597 bits per heavy atom. The van der Waals surface area contributed by atoms with Gasteiger partial charge in [-0.2, -0.15) is 0 Å². The first-order valence-corrected chi connectivity index (χ1v) is 30.6. The third kappa shape index (κ3) is 49.8. The van der Waals surface area contributed by atoms with E-state index in [-0.39, 0.29) is 0 Å². The van der Waals surface area contributed by atoms with Gasteiger partial charge in [-0.15, -0.1) is 0 Å². The summed E-state index contributed by atoms with van der Waals surface area (Å²) in [4.78, 5) is 12.6. The van der Waals surface area contributed by atoms with Crippen LogP contribution in [0.2, 0.25) is 0 Å². The Kier molecular flexibility index (Phi) is 55.2. The van der Waals surface area contributed by atoms with Crippen molar-refractivity contribution in [3.05, 3.63) is 12.2 Å². The van der Waals surface area contributed by atoms with Gasteiger partial charge in [-0.3, -0.25) is 4.79 Å². The lowest BCUT2D eigenvalue weighted by molar-refractivity contribution is -0.132. The highest BCUT2D eigenvalue weighted by atomic mass is 16.3. The highest BCUT2D eigenvalue weighted by molar-refractivity contribution is 5.80. The van der Waals surface area contributed by atoms with Crippen LogP contribution in [0.15, 0.2) is 12.2 Å². The second-order valence-corrected chi connectivity index (χ2v) is 21.4. The van der Waals surface area contributed by atoms with E-state index in [2.05, 4.69) is 31.3 Å². The van der Waals surface area contributed by atoms with Gasteiger partial charge < -0.3 is 25.7 Å². The predicted molar refractivity (Wildman–Crippen MR) is 293 cm³/mol. The first-order chi connectivity index (χ1) is 33.0. The van der Waals surface area contributed by atoms with E-state index in [0.717, 1.165) is 44.9 Å². The molecule has 6 heteroatoms. The van der Waals surface area contributed by atoms with Gasteiger partial charge in [0.2, 0.25) is 5.91 Å². The largest absolute Gasteiger partial charge is 0.394 e. The second-order valence-electron chi connectivity index (χ2n) is 21.4. The lowest BCUT2D eigenvalue weighted by atomic mass is 9.99. The van der Waals surface area contributed by atoms with Crippen molar-refractivity contribution in [1.29, 1.82) is 0 Å². The molecule has 0 radical (unpaired) electrons. The zero-order chi connectivity index (χ0) is 48.8. The summed E-state index contributed by atoms with van der Waals surface area (Å²) in [5, 5.41) is 44.1. The average Bonchev–Trinajstić information content (AvgIpc) is 3.33. The molecule has 0 aliphatic heterocycles. The van der Waals surface area contributed by atoms with E-state index >= 15 is 0 Å². The van der Waals surface area contributed by atoms with Crippen molar-refractivity contribution in [1.82, 2.24) is 5.32 Å². The molecule has 0 fully saturated rings. The van der Waals surface area contributed by atoms with E-state index < -0.39 is 36.9 Å². The first kappa shape index (κ1) is 66.0. The van der Waals surface area contributed by atoms with Crippen molar-refractivity contribution in [2.24, 2.45) is 0 Å². The topological polar surface area (TPSA) is 110 Å². The van der Waals surface area contributed by atoms with Crippen LogP contribution in [-0.2, 0) is 4.79 Å². The number of carbonyl (C=O) groups is 1. The molecule has 0 saturated heterocycles. The van der Waals surface area contributed by atoms with Crippen molar-refractivity contribution in [3.63, 3.8) is 0 Å². The number of nitrogens with one attached hydrogen (secondary N) is 1. The van der Waals surface area contributed by atoms with Crippen LogP contribution in [-0.4, -0.2) is 57.3 Å². The van der Waals surface area contributed by atoms with E-state index in [0.29, 0.717) is 12.8 Å². The monoisotopic (exact) mass is 948 g/mol. The van der Waals surface area contributed by atoms with Gasteiger partial charge in [0.15, 0.2) is 0 Å². The molecule has 0 aliphatic rings. The van der Waals surface area contributed by atoms with E-state index in [4.69, 9.17) is 0 Å². The standard InChI is InChI=1S/C61H121NO5/c1-3-5-7-9-11-13-15-17-19-21-23-25-26-27-28-29-30-31-32-33-35-36-38-40-42-44-46-48-50-52-54-58(64)60(66)57(56-63)62-61(67)59(65)55-53-51-49-47-45-43-41-39-37-34-24-22-20-18-16-14-12-10-8-6-4-2/h37,39,57-60,63-66H,3-36,38,40-56H2,1-2H3,(H,62,67)/b39-37-. The number of aliphatic hydroxyl groups excluding tert-OH is 4. The van der Waals surface area contributed by atoms with Crippen LogP contribution >= 0.6 is 0 Å². The Bertz CT molecular complexity index is 975. The minimum atomic E-state index is -1.26. The van der Waals surface area contributed by atoms with E-state index in [1.807, 2.05) is 0 Å². The molecule has 0 aliphatic carbocycles. The number of allylic oxidation sites excluding steroid dienone is 2. The molecule has 5 N–H and O–H groups in total. The molecule has 0 aromatic heterocycles. The van der Waals surface area contributed by atoms with Gasteiger partial charge in [0.25, 0.3) is 0 Å². The van der Waals surface area contributed by atoms with Crippen molar-refractivity contribution in [3.8, 4) is 0 Å². The molecule has 0 aromatic rings. The third-order valence-electron chi connectivity index (χ3n) is 14.7. The molecule has 4 atom stereocenters. The fourth-order valence-corrected chi connectivity index (χ4v) is 9.93. The normalized spacial score (nSPS) is 13.7. The molecule has 6 nitrogen and oxygen atoms in total. The summed E-state index contributed by atoms with van der Waals surface area (Å²) >= 11 is 0. The smallest absolute Gasteiger partial charge is 0.249 e. The lowest BCUT2D eigenvalue weighted by Crippen LogP contribution is -2.53. The van der Waals surface area contributed by atoms with Crippen LogP contribution < -0.4 is 5.32 Å². The van der Waals surface area contributed by atoms with Crippen LogP contribution in [0.3, 0.4) is 0 Å². The van der Waals surface area contributed by atoms with Gasteiger partial charge in [0.1, 0.15) is 12.2 Å². The molecular weight excluding hydrogens is 827 g/mol. The number of unbranched alkanes of at least 4 members (excludes halogenated alkanes) is 46. The summed E-state index contributed by atoms with van der Waals surface area (Å²) in [7, 11) is 0. The van der Waals surface area contributed by atoms with Gasteiger partial charge in [-0.05, 0) is 38.5 Å². The van der Waals surface area contributed by atoms with Crippen LogP contribution in [0.4, 0.5) is 0 Å². The molecule has 4 unspecified atom stereocenters. The summed E-state index contributed by atoms with van der Waals surface area (Å²) in [5.74, 6) is -0.582. The summed E-state index contributed by atoms with van der Waals surface area (Å²) < 4.78 is 0. The van der Waals surface area contributed by atoms with Gasteiger partial charge in [0, 0.05) is 0 Å². The molecule has 0 aromatic carbocycles. The highest BCUT2D eigenvalue weighted by Gasteiger charge is 2.28. The first-order valence-electron chi connectivity index (χ1n) is 30.6. The van der Waals surface area contributed by atoms with Crippen molar-refractivity contribution in [2.75, 3.05) is 6.61 Å². The zero-order valence-corrected chi connectivity index (χ0v) is 45.4. The molecule has 0 saturated carbocycles. The quantitative estimate of drug-likeness (QED) is 0.0308. The Hall–Kier alpha value is -0.950. The summed E-state index contributed by atoms with van der Waals surface area (Å²) in [5.41, 5.74) is 0. The fourth-order valence-electron chi connectivity index (χ4n) is 9.93. The van der Waals surface area contributed by atoms with Crippen molar-refractivity contribution >= 4 is 5.91 Å². The lowest BCUT2D eigenvalue weighted by Gasteiger charge is -2.27. The maximum absolute atomic E-state index is 12.6. The fraction of sp³-hybridized carbons (Fsp3) is 0.951. The van der Waals surface area contributed by atoms with Crippen LogP contribution in [0.25, 0.3) is 0 Å². The number of aliphatic hydroxyl groups is 4. The van der Waals surface area contributed by atoms with Gasteiger partial charge in [-0.25, -0.2) is 0 Å². The van der Waals surface area contributed by atoms with Crippen LogP contribution in [0.1, 0.15) is 341 Å². The predicted octanol–water partition coefficient (Wildman–Crippen LogP) is 18.0. The maximum atomic E-state index is 12.6. The molecule has 0 rings (SSSR count). The van der Waals surface area contributed by atoms with Crippen LogP contribution in [0, 0.1) is 0 Å². The van der Waals surface area contributed by atoms with E-state index in [1.165, 1.54) is 270 Å². The SMILES string of the molecule is CCCCCCCCCCCCC/C=C\CCCCCCCCC(O)C(=O)NC(CO)C(O)C(O)CCCCCCCCCCCCCCCCCCCCCCCCCCCCCCCC.